The number of hydrogen-bond acceptors (Lipinski definition) is 10. The van der Waals surface area contributed by atoms with E-state index in [0.29, 0.717) is 19.3 Å². The van der Waals surface area contributed by atoms with Crippen molar-refractivity contribution in [2.45, 2.75) is 187 Å². The Hall–Kier alpha value is -3.86. The first-order chi connectivity index (χ1) is 32.2. The minimum Gasteiger partial charge on any atom is -0.462 e. The standard InChI is InChI=1S/C54H87O11P/c1-4-7-10-13-16-19-22-24-25-27-30-33-36-39-42-45-54(58)65-51(47-61-52(56)43-40-37-34-31-29-26-23-20-17-14-11-8-5-2)49-63-66(59,60)62-48-50(46-55)64-53(57)44-41-38-35-32-28-21-18-15-12-9-6-3/h7-8,10-11,15-20,24-26,29-30,33,39,42,50-51,55H,4-6,9,12-14,21-23,27-28,31-32,34-38,40-41,43-49H2,1-3H3,(H,59,60)/b10-7-,11-8-,18-15-,19-16-,20-17-,25-24-,29-26-,33-30-,42-39-. The van der Waals surface area contributed by atoms with Gasteiger partial charge in [-0.05, 0) is 96.3 Å². The van der Waals surface area contributed by atoms with Crippen molar-refractivity contribution >= 4 is 25.7 Å². The van der Waals surface area contributed by atoms with E-state index in [2.05, 4.69) is 106 Å². The molecule has 66 heavy (non-hydrogen) atoms. The van der Waals surface area contributed by atoms with E-state index in [1.807, 2.05) is 18.2 Å². The molecule has 374 valence electrons. The molecule has 0 spiro atoms. The molecule has 0 aromatic heterocycles. The van der Waals surface area contributed by atoms with Gasteiger partial charge >= 0.3 is 25.7 Å². The maximum absolute atomic E-state index is 12.8. The molecule has 3 atom stereocenters. The van der Waals surface area contributed by atoms with Crippen molar-refractivity contribution < 1.29 is 52.2 Å². The fourth-order valence-electron chi connectivity index (χ4n) is 5.95. The van der Waals surface area contributed by atoms with E-state index in [0.717, 1.165) is 103 Å². The van der Waals surface area contributed by atoms with Crippen molar-refractivity contribution in [2.75, 3.05) is 26.4 Å². The Morgan fingerprint density at radius 2 is 0.848 bits per heavy atom. The summed E-state index contributed by atoms with van der Waals surface area (Å²) >= 11 is 0. The molecule has 0 saturated carbocycles. The third-order valence-electron chi connectivity index (χ3n) is 9.69. The first-order valence-electron chi connectivity index (χ1n) is 24.8. The van der Waals surface area contributed by atoms with Crippen LogP contribution in [0.1, 0.15) is 175 Å². The van der Waals surface area contributed by atoms with Crippen molar-refractivity contribution in [3.8, 4) is 0 Å². The van der Waals surface area contributed by atoms with Crippen molar-refractivity contribution in [1.82, 2.24) is 0 Å². The van der Waals surface area contributed by atoms with E-state index in [-0.39, 0.29) is 19.3 Å². The fraction of sp³-hybridized carbons (Fsp3) is 0.611. The van der Waals surface area contributed by atoms with Gasteiger partial charge in [0.05, 0.1) is 26.2 Å². The lowest BCUT2D eigenvalue weighted by Gasteiger charge is -2.21. The number of allylic oxidation sites excluding steroid dienone is 17. The van der Waals surface area contributed by atoms with Crippen molar-refractivity contribution in [3.63, 3.8) is 0 Å². The van der Waals surface area contributed by atoms with Crippen molar-refractivity contribution in [2.24, 2.45) is 0 Å². The number of ether oxygens (including phenoxy) is 3. The number of rotatable bonds is 44. The summed E-state index contributed by atoms with van der Waals surface area (Å²) < 4.78 is 39.1. The molecule has 0 amide bonds. The topological polar surface area (TPSA) is 155 Å². The Bertz CT molecular complexity index is 1520. The van der Waals surface area contributed by atoms with Crippen LogP contribution in [0.4, 0.5) is 0 Å². The van der Waals surface area contributed by atoms with Crippen LogP contribution in [0.5, 0.6) is 0 Å². The normalized spacial score (nSPS) is 14.4. The van der Waals surface area contributed by atoms with Gasteiger partial charge in [0.15, 0.2) is 6.10 Å². The molecule has 0 heterocycles. The minimum absolute atomic E-state index is 0.0768. The second-order valence-electron chi connectivity index (χ2n) is 15.9. The van der Waals surface area contributed by atoms with Gasteiger partial charge in [-0.25, -0.2) is 4.57 Å². The third-order valence-corrected chi connectivity index (χ3v) is 10.6. The molecule has 0 aliphatic heterocycles. The van der Waals surface area contributed by atoms with Gasteiger partial charge in [-0.2, -0.15) is 0 Å². The van der Waals surface area contributed by atoms with Crippen LogP contribution in [-0.4, -0.2) is 66.5 Å². The summed E-state index contributed by atoms with van der Waals surface area (Å²) in [6, 6.07) is 0. The number of unbranched alkanes of at least 4 members (excludes halogenated alkanes) is 10. The molecule has 12 heteroatoms. The Kier molecular flexibility index (Phi) is 44.8. The molecule has 2 N–H and O–H groups in total. The van der Waals surface area contributed by atoms with E-state index in [4.69, 9.17) is 23.3 Å². The van der Waals surface area contributed by atoms with Gasteiger partial charge in [0.1, 0.15) is 12.7 Å². The predicted molar refractivity (Wildman–Crippen MR) is 270 cm³/mol. The van der Waals surface area contributed by atoms with Gasteiger partial charge in [0.25, 0.3) is 0 Å². The van der Waals surface area contributed by atoms with Crippen LogP contribution < -0.4 is 0 Å². The lowest BCUT2D eigenvalue weighted by molar-refractivity contribution is -0.160. The third kappa shape index (κ3) is 45.3. The summed E-state index contributed by atoms with van der Waals surface area (Å²) in [6.07, 6.45) is 55.3. The zero-order valence-corrected chi connectivity index (χ0v) is 41.8. The summed E-state index contributed by atoms with van der Waals surface area (Å²) in [5.41, 5.74) is 0. The summed E-state index contributed by atoms with van der Waals surface area (Å²) in [7, 11) is -4.78. The van der Waals surface area contributed by atoms with Crippen LogP contribution in [0.15, 0.2) is 109 Å². The average molecular weight is 943 g/mol. The first-order valence-corrected chi connectivity index (χ1v) is 26.3. The molecule has 0 aliphatic carbocycles. The SMILES string of the molecule is CC/C=C\C/C=C\C/C=C\C/C=C\C/C=C\CC(=O)OC(COC(=O)CCCCC/C=C\C/C=C\C/C=C\CC)COP(=O)(O)OCC(CO)OC(=O)CCCCCCC/C=C\CCCC. The Balaban J connectivity index is 4.95. The molecule has 0 aromatic rings. The zero-order valence-electron chi connectivity index (χ0n) is 40.9. The monoisotopic (exact) mass is 943 g/mol. The van der Waals surface area contributed by atoms with Gasteiger partial charge in [-0.3, -0.25) is 23.4 Å². The highest BCUT2D eigenvalue weighted by atomic mass is 31.2. The molecule has 0 rings (SSSR count). The van der Waals surface area contributed by atoms with Crippen LogP contribution in [0.2, 0.25) is 0 Å². The molecule has 0 saturated heterocycles. The van der Waals surface area contributed by atoms with Crippen molar-refractivity contribution in [1.29, 1.82) is 0 Å². The number of carbonyl (C=O) groups is 3. The first kappa shape index (κ1) is 62.1. The summed E-state index contributed by atoms with van der Waals surface area (Å²) in [5.74, 6) is -1.68. The number of phosphoric ester groups is 1. The maximum Gasteiger partial charge on any atom is 0.472 e. The van der Waals surface area contributed by atoms with E-state index in [1.54, 1.807) is 6.08 Å². The average Bonchev–Trinajstić information content (AvgIpc) is 3.30. The van der Waals surface area contributed by atoms with Crippen LogP contribution in [0.25, 0.3) is 0 Å². The molecule has 11 nitrogen and oxygen atoms in total. The van der Waals surface area contributed by atoms with E-state index >= 15 is 0 Å². The number of hydrogen-bond donors (Lipinski definition) is 2. The van der Waals surface area contributed by atoms with Gasteiger partial charge in [-0.1, -0.05) is 169 Å². The largest absolute Gasteiger partial charge is 0.472 e. The van der Waals surface area contributed by atoms with Gasteiger partial charge in [-0.15, -0.1) is 0 Å². The number of aliphatic hydroxyl groups excluding tert-OH is 1. The second kappa shape index (κ2) is 47.6. The van der Waals surface area contributed by atoms with Crippen LogP contribution in [0.3, 0.4) is 0 Å². The van der Waals surface area contributed by atoms with Gasteiger partial charge < -0.3 is 24.2 Å². The summed E-state index contributed by atoms with van der Waals surface area (Å²) in [5, 5.41) is 9.74. The van der Waals surface area contributed by atoms with Crippen LogP contribution in [0, 0.1) is 0 Å². The highest BCUT2D eigenvalue weighted by molar-refractivity contribution is 7.47. The summed E-state index contributed by atoms with van der Waals surface area (Å²) in [4.78, 5) is 48.1. The number of carbonyl (C=O) groups excluding carboxylic acids is 3. The molecule has 0 aromatic carbocycles. The Morgan fingerprint density at radius 1 is 0.455 bits per heavy atom. The molecule has 0 radical (unpaired) electrons. The molecule has 0 fully saturated rings. The van der Waals surface area contributed by atoms with Crippen LogP contribution >= 0.6 is 7.82 Å². The van der Waals surface area contributed by atoms with E-state index < -0.39 is 64.4 Å². The lowest BCUT2D eigenvalue weighted by Crippen LogP contribution is -2.30. The van der Waals surface area contributed by atoms with Crippen molar-refractivity contribution in [3.05, 3.63) is 109 Å². The van der Waals surface area contributed by atoms with Crippen LogP contribution in [-0.2, 0) is 42.2 Å². The summed E-state index contributed by atoms with van der Waals surface area (Å²) in [6.45, 7) is 4.17. The maximum atomic E-state index is 12.8. The Morgan fingerprint density at radius 3 is 1.36 bits per heavy atom. The Labute approximate surface area is 399 Å². The quantitative estimate of drug-likeness (QED) is 0.0197. The molecular formula is C54H87O11P. The number of aliphatic hydroxyl groups is 1. The van der Waals surface area contributed by atoms with Gasteiger partial charge in [0.2, 0.25) is 0 Å². The number of phosphoric acid groups is 1. The molecular weight excluding hydrogens is 856 g/mol. The highest BCUT2D eigenvalue weighted by Gasteiger charge is 2.28. The second-order valence-corrected chi connectivity index (χ2v) is 17.3. The molecule has 0 bridgehead atoms. The lowest BCUT2D eigenvalue weighted by atomic mass is 10.1. The van der Waals surface area contributed by atoms with E-state index in [1.165, 1.54) is 12.8 Å². The minimum atomic E-state index is -4.78. The molecule has 3 unspecified atom stereocenters. The number of esters is 3. The predicted octanol–water partition coefficient (Wildman–Crippen LogP) is 13.9. The smallest absolute Gasteiger partial charge is 0.462 e. The fourth-order valence-corrected chi connectivity index (χ4v) is 6.74. The highest BCUT2D eigenvalue weighted by Crippen LogP contribution is 2.43. The molecule has 0 aliphatic rings. The van der Waals surface area contributed by atoms with Gasteiger partial charge in [0, 0.05) is 12.8 Å². The zero-order chi connectivity index (χ0) is 48.4. The van der Waals surface area contributed by atoms with E-state index in [9.17, 15) is 28.9 Å².